The van der Waals surface area contributed by atoms with Crippen LogP contribution in [-0.4, -0.2) is 21.0 Å². The van der Waals surface area contributed by atoms with Crippen LogP contribution in [0.4, 0.5) is 5.69 Å². The van der Waals surface area contributed by atoms with Gasteiger partial charge in [0.1, 0.15) is 0 Å². The minimum absolute atomic E-state index is 0.0234. The number of hydrogen-bond donors (Lipinski definition) is 1. The third-order valence-corrected chi connectivity index (χ3v) is 4.58. The number of nitrogens with zero attached hydrogens (tertiary/aromatic N) is 2. The average Bonchev–Trinajstić information content (AvgIpc) is 3.01. The lowest BCUT2D eigenvalue weighted by atomic mass is 10.0. The summed E-state index contributed by atoms with van der Waals surface area (Å²) in [5.41, 5.74) is 3.96. The quantitative estimate of drug-likeness (QED) is 0.563. The number of benzene rings is 2. The zero-order valence-electron chi connectivity index (χ0n) is 13.7. The third kappa shape index (κ3) is 2.61. The number of nitro groups is 1. The van der Waals surface area contributed by atoms with Crippen LogP contribution in [0.25, 0.3) is 22.6 Å². The van der Waals surface area contributed by atoms with Crippen molar-refractivity contribution in [2.24, 2.45) is 0 Å². The Bertz CT molecular complexity index is 1100. The summed E-state index contributed by atoms with van der Waals surface area (Å²) in [5.74, 6) is -0.962. The molecule has 3 aromatic rings. The van der Waals surface area contributed by atoms with Crippen LogP contribution in [0.5, 0.6) is 0 Å². The van der Waals surface area contributed by atoms with Crippen molar-refractivity contribution >= 4 is 34.2 Å². The van der Waals surface area contributed by atoms with E-state index in [1.165, 1.54) is 12.1 Å². The monoisotopic (exact) mass is 346 g/mol. The number of aromatic carboxylic acids is 1. The van der Waals surface area contributed by atoms with Gasteiger partial charge in [0, 0.05) is 17.5 Å². The van der Waals surface area contributed by atoms with Crippen molar-refractivity contribution in [2.75, 3.05) is 0 Å². The molecule has 26 heavy (non-hydrogen) atoms. The van der Waals surface area contributed by atoms with Crippen molar-refractivity contribution in [2.45, 2.75) is 12.8 Å². The van der Waals surface area contributed by atoms with Gasteiger partial charge in [0.2, 0.25) is 0 Å². The van der Waals surface area contributed by atoms with Crippen LogP contribution >= 0.6 is 0 Å². The van der Waals surface area contributed by atoms with E-state index < -0.39 is 10.9 Å². The Morgan fingerprint density at radius 1 is 1.15 bits per heavy atom. The van der Waals surface area contributed by atoms with Crippen molar-refractivity contribution in [3.63, 3.8) is 0 Å². The van der Waals surface area contributed by atoms with Gasteiger partial charge in [-0.25, -0.2) is 9.78 Å². The van der Waals surface area contributed by atoms with Crippen molar-refractivity contribution < 1.29 is 14.8 Å². The number of carboxylic acids is 1. The van der Waals surface area contributed by atoms with Gasteiger partial charge in [0.25, 0.3) is 5.69 Å². The van der Waals surface area contributed by atoms with Crippen LogP contribution in [0, 0.1) is 10.1 Å². The normalized spacial score (nSPS) is 14.5. The molecule has 0 aliphatic heterocycles. The highest BCUT2D eigenvalue weighted by molar-refractivity contribution is 6.06. The van der Waals surface area contributed by atoms with E-state index in [2.05, 4.69) is 4.98 Å². The lowest BCUT2D eigenvalue weighted by Crippen LogP contribution is -2.05. The van der Waals surface area contributed by atoms with E-state index in [4.69, 9.17) is 0 Å². The maximum Gasteiger partial charge on any atom is 0.336 e. The first-order valence-electron chi connectivity index (χ1n) is 8.15. The largest absolute Gasteiger partial charge is 0.478 e. The van der Waals surface area contributed by atoms with Crippen LogP contribution in [0.1, 0.15) is 33.6 Å². The molecule has 0 unspecified atom stereocenters. The van der Waals surface area contributed by atoms with Gasteiger partial charge >= 0.3 is 5.97 Å². The minimum atomic E-state index is -0.962. The Morgan fingerprint density at radius 3 is 2.73 bits per heavy atom. The van der Waals surface area contributed by atoms with Crippen LogP contribution < -0.4 is 0 Å². The van der Waals surface area contributed by atoms with Gasteiger partial charge in [-0.15, -0.1) is 0 Å². The minimum Gasteiger partial charge on any atom is -0.478 e. The molecule has 1 aliphatic rings. The highest BCUT2D eigenvalue weighted by atomic mass is 16.6. The van der Waals surface area contributed by atoms with Crippen molar-refractivity contribution in [1.82, 2.24) is 4.98 Å². The molecule has 128 valence electrons. The molecule has 0 radical (unpaired) electrons. The summed E-state index contributed by atoms with van der Waals surface area (Å²) >= 11 is 0. The molecule has 6 heteroatoms. The van der Waals surface area contributed by atoms with E-state index in [1.807, 2.05) is 12.1 Å². The molecule has 1 heterocycles. The van der Waals surface area contributed by atoms with Crippen LogP contribution in [0.3, 0.4) is 0 Å². The average molecular weight is 346 g/mol. The molecule has 0 atom stereocenters. The third-order valence-electron chi connectivity index (χ3n) is 4.58. The summed E-state index contributed by atoms with van der Waals surface area (Å²) in [6.07, 6.45) is 3.10. The van der Waals surface area contributed by atoms with E-state index in [9.17, 15) is 20.0 Å². The molecular weight excluding hydrogens is 332 g/mol. The molecule has 1 N–H and O–H groups in total. The second-order valence-electron chi connectivity index (χ2n) is 6.16. The molecule has 0 bridgehead atoms. The summed E-state index contributed by atoms with van der Waals surface area (Å²) in [5, 5.41) is 21.3. The highest BCUT2D eigenvalue weighted by Gasteiger charge is 2.26. The van der Waals surface area contributed by atoms with E-state index >= 15 is 0 Å². The number of allylic oxidation sites excluding steroid dienone is 1. The van der Waals surface area contributed by atoms with Crippen molar-refractivity contribution in [1.29, 1.82) is 0 Å². The lowest BCUT2D eigenvalue weighted by Gasteiger charge is -2.09. The molecule has 0 fully saturated rings. The second-order valence-corrected chi connectivity index (χ2v) is 6.16. The zero-order valence-corrected chi connectivity index (χ0v) is 13.7. The van der Waals surface area contributed by atoms with Crippen molar-refractivity contribution in [3.05, 3.63) is 81.0 Å². The molecule has 1 aromatic heterocycles. The fourth-order valence-electron chi connectivity index (χ4n) is 3.45. The maximum absolute atomic E-state index is 11.8. The predicted octanol–water partition coefficient (Wildman–Crippen LogP) is 4.33. The van der Waals surface area contributed by atoms with Crippen LogP contribution in [-0.2, 0) is 6.42 Å². The molecule has 0 saturated heterocycles. The molecule has 0 saturated carbocycles. The number of carboxylic acid groups (broad SMARTS) is 1. The fraction of sp³-hybridized carbons (Fsp3) is 0.100. The van der Waals surface area contributed by atoms with Gasteiger partial charge in [0.15, 0.2) is 0 Å². The Kier molecular flexibility index (Phi) is 3.73. The standard InChI is InChI=1S/C20H14N2O4/c23-20(24)18-15-6-1-2-7-17(15)21-19-13(8-9-16(18)19)10-12-4-3-5-14(11-12)22(25)26/h1-7,10-11H,8-9H2,(H,23,24)/b13-10+. The number of aromatic nitrogens is 1. The maximum atomic E-state index is 11.8. The van der Waals surface area contributed by atoms with E-state index in [0.29, 0.717) is 40.6 Å². The van der Waals surface area contributed by atoms with Gasteiger partial charge < -0.3 is 5.11 Å². The Balaban J connectivity index is 1.89. The second kappa shape index (κ2) is 6.07. The topological polar surface area (TPSA) is 93.3 Å². The number of pyridine rings is 1. The van der Waals surface area contributed by atoms with E-state index in [0.717, 1.165) is 11.1 Å². The number of carbonyl (C=O) groups is 1. The van der Waals surface area contributed by atoms with Crippen molar-refractivity contribution in [3.8, 4) is 0 Å². The summed E-state index contributed by atoms with van der Waals surface area (Å²) in [6, 6.07) is 13.6. The van der Waals surface area contributed by atoms with Gasteiger partial charge in [-0.3, -0.25) is 10.1 Å². The summed E-state index contributed by atoms with van der Waals surface area (Å²) in [6.45, 7) is 0. The van der Waals surface area contributed by atoms with E-state index in [1.54, 1.807) is 30.3 Å². The lowest BCUT2D eigenvalue weighted by molar-refractivity contribution is -0.384. The number of non-ortho nitro benzene ring substituents is 1. The van der Waals surface area contributed by atoms with Gasteiger partial charge in [-0.1, -0.05) is 30.3 Å². The SMILES string of the molecule is O=C(O)c1c2c(nc3ccccc13)/C(=C/c1cccc([N+](=O)[O-])c1)CC2. The number of para-hydroxylation sites is 1. The highest BCUT2D eigenvalue weighted by Crippen LogP contribution is 2.37. The zero-order chi connectivity index (χ0) is 18.3. The summed E-state index contributed by atoms with van der Waals surface area (Å²) in [7, 11) is 0. The summed E-state index contributed by atoms with van der Waals surface area (Å²) < 4.78 is 0. The number of rotatable bonds is 3. The first-order valence-corrected chi connectivity index (χ1v) is 8.15. The smallest absolute Gasteiger partial charge is 0.336 e. The summed E-state index contributed by atoms with van der Waals surface area (Å²) in [4.78, 5) is 27.0. The Morgan fingerprint density at radius 2 is 1.96 bits per heavy atom. The van der Waals surface area contributed by atoms with Gasteiger partial charge in [-0.05, 0) is 41.7 Å². The van der Waals surface area contributed by atoms with Crippen LogP contribution in [0.2, 0.25) is 0 Å². The van der Waals surface area contributed by atoms with Crippen LogP contribution in [0.15, 0.2) is 48.5 Å². The molecule has 6 nitrogen and oxygen atoms in total. The fourth-order valence-corrected chi connectivity index (χ4v) is 3.45. The molecule has 4 rings (SSSR count). The van der Waals surface area contributed by atoms with Gasteiger partial charge in [-0.2, -0.15) is 0 Å². The Hall–Kier alpha value is -3.54. The molecule has 0 amide bonds. The molecular formula is C20H14N2O4. The number of nitro benzene ring substituents is 1. The number of hydrogen-bond acceptors (Lipinski definition) is 4. The van der Waals surface area contributed by atoms with Gasteiger partial charge in [0.05, 0.1) is 21.7 Å². The molecule has 2 aromatic carbocycles. The first kappa shape index (κ1) is 16.0. The van der Waals surface area contributed by atoms with E-state index in [-0.39, 0.29) is 5.69 Å². The Labute approximate surface area is 148 Å². The molecule has 1 aliphatic carbocycles. The number of fused-ring (bicyclic) bond motifs is 2. The molecule has 0 spiro atoms. The predicted molar refractivity (Wildman–Crippen MR) is 98.0 cm³/mol. The first-order chi connectivity index (χ1) is 12.5.